The lowest BCUT2D eigenvalue weighted by molar-refractivity contribution is 0.832. The van der Waals surface area contributed by atoms with Gasteiger partial charge in [0.15, 0.2) is 0 Å². The van der Waals surface area contributed by atoms with Crippen molar-refractivity contribution in [3.05, 3.63) is 60.7 Å². The highest BCUT2D eigenvalue weighted by atomic mass is 15.1. The topological polar surface area (TPSA) is 55.0 Å². The van der Waals surface area contributed by atoms with E-state index >= 15 is 0 Å². The number of fused-ring (bicyclic) bond motifs is 1. The number of nitrogens with zero attached hydrogens (tertiary/aromatic N) is 3. The summed E-state index contributed by atoms with van der Waals surface area (Å²) in [5.74, 6) is 0. The van der Waals surface area contributed by atoms with Gasteiger partial charge in [0.25, 0.3) is 0 Å². The summed E-state index contributed by atoms with van der Waals surface area (Å²) in [6.07, 6.45) is 7.26. The molecule has 21 heavy (non-hydrogen) atoms. The molecule has 4 heteroatoms. The zero-order valence-corrected chi connectivity index (χ0v) is 12.0. The maximum Gasteiger partial charge on any atom is 0.0632 e. The third-order valence-electron chi connectivity index (χ3n) is 3.68. The quantitative estimate of drug-likeness (QED) is 0.744. The summed E-state index contributed by atoms with van der Waals surface area (Å²) >= 11 is 0. The van der Waals surface area contributed by atoms with Gasteiger partial charge in [-0.1, -0.05) is 6.07 Å². The number of nitrogen functional groups attached to an aromatic ring is 1. The highest BCUT2D eigenvalue weighted by molar-refractivity contribution is 5.98. The molecule has 2 N–H and O–H groups in total. The number of pyridine rings is 2. The number of anilines is 2. The van der Waals surface area contributed by atoms with Crippen LogP contribution in [0.5, 0.6) is 0 Å². The van der Waals surface area contributed by atoms with Crippen molar-refractivity contribution < 1.29 is 0 Å². The fourth-order valence-corrected chi connectivity index (χ4v) is 2.53. The standard InChI is InChI=1S/C17H18N4/c1-2-21(12-13-5-8-19-9-6-13)16-4-3-14-11-20-10-7-15(14)17(16)18/h3-11H,2,12,18H2,1H3. The normalized spacial score (nSPS) is 10.7. The van der Waals surface area contributed by atoms with E-state index in [1.54, 1.807) is 6.20 Å². The second-order valence-corrected chi connectivity index (χ2v) is 4.96. The minimum absolute atomic E-state index is 0.811. The fourth-order valence-electron chi connectivity index (χ4n) is 2.53. The van der Waals surface area contributed by atoms with Crippen molar-refractivity contribution in [1.29, 1.82) is 0 Å². The van der Waals surface area contributed by atoms with E-state index < -0.39 is 0 Å². The average Bonchev–Trinajstić information content (AvgIpc) is 2.55. The van der Waals surface area contributed by atoms with E-state index in [-0.39, 0.29) is 0 Å². The highest BCUT2D eigenvalue weighted by Gasteiger charge is 2.11. The molecule has 2 aromatic heterocycles. The molecule has 1 aromatic carbocycles. The zero-order valence-electron chi connectivity index (χ0n) is 12.0. The van der Waals surface area contributed by atoms with Crippen molar-refractivity contribution in [2.24, 2.45) is 0 Å². The molecule has 3 aromatic rings. The van der Waals surface area contributed by atoms with Crippen LogP contribution < -0.4 is 10.6 Å². The number of hydrogen-bond acceptors (Lipinski definition) is 4. The fraction of sp³-hybridized carbons (Fsp3) is 0.176. The third kappa shape index (κ3) is 2.65. The molecule has 0 unspecified atom stereocenters. The van der Waals surface area contributed by atoms with Crippen LogP contribution in [0, 0.1) is 0 Å². The lowest BCUT2D eigenvalue weighted by atomic mass is 10.1. The van der Waals surface area contributed by atoms with Gasteiger partial charge in [-0.25, -0.2) is 0 Å². The van der Waals surface area contributed by atoms with E-state index in [1.807, 2.05) is 36.8 Å². The lowest BCUT2D eigenvalue weighted by Gasteiger charge is -2.25. The minimum Gasteiger partial charge on any atom is -0.397 e. The zero-order chi connectivity index (χ0) is 14.7. The maximum absolute atomic E-state index is 6.37. The molecule has 106 valence electrons. The summed E-state index contributed by atoms with van der Waals surface area (Å²) in [7, 11) is 0. The van der Waals surface area contributed by atoms with Crippen LogP contribution in [0.3, 0.4) is 0 Å². The van der Waals surface area contributed by atoms with Gasteiger partial charge in [0.2, 0.25) is 0 Å². The van der Waals surface area contributed by atoms with E-state index in [2.05, 4.69) is 33.9 Å². The molecule has 0 fully saturated rings. The molecule has 4 nitrogen and oxygen atoms in total. The Bertz CT molecular complexity index is 740. The summed E-state index contributed by atoms with van der Waals surface area (Å²) in [4.78, 5) is 10.5. The summed E-state index contributed by atoms with van der Waals surface area (Å²) in [6, 6.07) is 10.2. The van der Waals surface area contributed by atoms with Gasteiger partial charge >= 0.3 is 0 Å². The van der Waals surface area contributed by atoms with Crippen LogP contribution in [0.25, 0.3) is 10.8 Å². The number of hydrogen-bond donors (Lipinski definition) is 1. The Morgan fingerprint density at radius 1 is 1.00 bits per heavy atom. The van der Waals surface area contributed by atoms with E-state index in [4.69, 9.17) is 5.73 Å². The van der Waals surface area contributed by atoms with Crippen molar-refractivity contribution in [2.75, 3.05) is 17.2 Å². The first-order valence-corrected chi connectivity index (χ1v) is 7.05. The van der Waals surface area contributed by atoms with Crippen LogP contribution in [-0.2, 0) is 6.54 Å². The Morgan fingerprint density at radius 2 is 1.76 bits per heavy atom. The summed E-state index contributed by atoms with van der Waals surface area (Å²) in [5.41, 5.74) is 9.46. The Hall–Kier alpha value is -2.62. The third-order valence-corrected chi connectivity index (χ3v) is 3.68. The smallest absolute Gasteiger partial charge is 0.0632 e. The molecule has 0 amide bonds. The first-order valence-electron chi connectivity index (χ1n) is 7.05. The monoisotopic (exact) mass is 278 g/mol. The van der Waals surface area contributed by atoms with Crippen molar-refractivity contribution in [3.63, 3.8) is 0 Å². The molecule has 0 aliphatic heterocycles. The molecule has 3 rings (SSSR count). The van der Waals surface area contributed by atoms with Crippen molar-refractivity contribution in [3.8, 4) is 0 Å². The van der Waals surface area contributed by atoms with Crippen LogP contribution >= 0.6 is 0 Å². The van der Waals surface area contributed by atoms with E-state index in [9.17, 15) is 0 Å². The van der Waals surface area contributed by atoms with Crippen molar-refractivity contribution in [2.45, 2.75) is 13.5 Å². The second-order valence-electron chi connectivity index (χ2n) is 4.96. The Balaban J connectivity index is 1.99. The Labute approximate surface area is 124 Å². The summed E-state index contributed by atoms with van der Waals surface area (Å²) in [5, 5.41) is 2.12. The van der Waals surface area contributed by atoms with Gasteiger partial charge < -0.3 is 10.6 Å². The van der Waals surface area contributed by atoms with Crippen molar-refractivity contribution in [1.82, 2.24) is 9.97 Å². The first kappa shape index (κ1) is 13.4. The molecule has 0 atom stereocenters. The molecule has 0 saturated heterocycles. The molecule has 2 heterocycles. The highest BCUT2D eigenvalue weighted by Crippen LogP contribution is 2.31. The average molecular weight is 278 g/mol. The van der Waals surface area contributed by atoms with Gasteiger partial charge in [0, 0.05) is 48.6 Å². The molecule has 0 spiro atoms. The largest absolute Gasteiger partial charge is 0.397 e. The predicted octanol–water partition coefficient (Wildman–Crippen LogP) is 3.24. The van der Waals surface area contributed by atoms with Crippen LogP contribution in [0.2, 0.25) is 0 Å². The van der Waals surface area contributed by atoms with Gasteiger partial charge in [-0.2, -0.15) is 0 Å². The second kappa shape index (κ2) is 5.79. The predicted molar refractivity (Wildman–Crippen MR) is 87.1 cm³/mol. The van der Waals surface area contributed by atoms with Crippen molar-refractivity contribution >= 4 is 22.1 Å². The maximum atomic E-state index is 6.37. The summed E-state index contributed by atoms with van der Waals surface area (Å²) < 4.78 is 0. The van der Waals surface area contributed by atoms with Gasteiger partial charge in [0.05, 0.1) is 11.4 Å². The van der Waals surface area contributed by atoms with Crippen LogP contribution in [0.15, 0.2) is 55.1 Å². The van der Waals surface area contributed by atoms with Crippen LogP contribution in [-0.4, -0.2) is 16.5 Å². The Kier molecular flexibility index (Phi) is 3.69. The first-order chi connectivity index (χ1) is 10.3. The van der Waals surface area contributed by atoms with E-state index in [0.29, 0.717) is 0 Å². The SMILES string of the molecule is CCN(Cc1ccncc1)c1ccc2cnccc2c1N. The minimum atomic E-state index is 0.811. The number of nitrogens with two attached hydrogens (primary N) is 1. The van der Waals surface area contributed by atoms with E-state index in [0.717, 1.165) is 35.2 Å². The molecular formula is C17H18N4. The number of aromatic nitrogens is 2. The molecule has 0 saturated carbocycles. The summed E-state index contributed by atoms with van der Waals surface area (Å²) in [6.45, 7) is 3.85. The number of rotatable bonds is 4. The van der Waals surface area contributed by atoms with Crippen LogP contribution in [0.4, 0.5) is 11.4 Å². The van der Waals surface area contributed by atoms with Crippen LogP contribution in [0.1, 0.15) is 12.5 Å². The molecule has 0 bridgehead atoms. The van der Waals surface area contributed by atoms with E-state index in [1.165, 1.54) is 5.56 Å². The lowest BCUT2D eigenvalue weighted by Crippen LogP contribution is -2.23. The van der Waals surface area contributed by atoms with Gasteiger partial charge in [-0.3, -0.25) is 9.97 Å². The molecule has 0 aliphatic rings. The van der Waals surface area contributed by atoms with Gasteiger partial charge in [-0.15, -0.1) is 0 Å². The Morgan fingerprint density at radius 3 is 2.52 bits per heavy atom. The molecular weight excluding hydrogens is 260 g/mol. The molecule has 0 aliphatic carbocycles. The van der Waals surface area contributed by atoms with Gasteiger partial charge in [0.1, 0.15) is 0 Å². The van der Waals surface area contributed by atoms with Gasteiger partial charge in [-0.05, 0) is 36.8 Å². The molecule has 0 radical (unpaired) electrons. The number of benzene rings is 1.